The van der Waals surface area contributed by atoms with Crippen molar-refractivity contribution in [3.8, 4) is 0 Å². The Morgan fingerprint density at radius 1 is 1.00 bits per heavy atom. The fraction of sp³-hybridized carbons (Fsp3) is 0.143. The SMILES string of the molecule is Fc1cc(F)c(C(Br)Cc2c(F)cccc2Cl)c(F)c1. The molecule has 106 valence electrons. The van der Waals surface area contributed by atoms with Crippen LogP contribution in [0.2, 0.25) is 5.02 Å². The topological polar surface area (TPSA) is 0 Å². The van der Waals surface area contributed by atoms with E-state index in [0.29, 0.717) is 12.1 Å². The Morgan fingerprint density at radius 3 is 2.15 bits per heavy atom. The van der Waals surface area contributed by atoms with Crippen LogP contribution >= 0.6 is 27.5 Å². The maximum atomic E-state index is 13.6. The molecule has 0 saturated carbocycles. The number of benzene rings is 2. The predicted molar refractivity (Wildman–Crippen MR) is 73.1 cm³/mol. The highest BCUT2D eigenvalue weighted by atomic mass is 79.9. The molecule has 0 aliphatic rings. The van der Waals surface area contributed by atoms with Crippen LogP contribution in [0, 0.1) is 23.3 Å². The second kappa shape index (κ2) is 6.14. The first-order valence-corrected chi connectivity index (χ1v) is 6.91. The summed E-state index contributed by atoms with van der Waals surface area (Å²) in [6.45, 7) is 0. The highest BCUT2D eigenvalue weighted by Gasteiger charge is 2.21. The zero-order valence-corrected chi connectivity index (χ0v) is 12.3. The molecule has 0 amide bonds. The van der Waals surface area contributed by atoms with E-state index in [1.807, 2.05) is 0 Å². The van der Waals surface area contributed by atoms with Gasteiger partial charge in [-0.25, -0.2) is 17.6 Å². The molecule has 0 spiro atoms. The van der Waals surface area contributed by atoms with Gasteiger partial charge in [0.25, 0.3) is 0 Å². The monoisotopic (exact) mass is 366 g/mol. The summed E-state index contributed by atoms with van der Waals surface area (Å²) in [5, 5.41) is 0.164. The minimum Gasteiger partial charge on any atom is -0.207 e. The lowest BCUT2D eigenvalue weighted by molar-refractivity contribution is 0.520. The second-order valence-electron chi connectivity index (χ2n) is 4.15. The number of hydrogen-bond donors (Lipinski definition) is 0. The molecular formula is C14H8BrClF4. The molecule has 1 unspecified atom stereocenters. The van der Waals surface area contributed by atoms with E-state index in [9.17, 15) is 17.6 Å². The van der Waals surface area contributed by atoms with Crippen LogP contribution in [0.1, 0.15) is 16.0 Å². The molecule has 0 aliphatic heterocycles. The Bertz CT molecular complexity index is 602. The molecule has 0 radical (unpaired) electrons. The van der Waals surface area contributed by atoms with Gasteiger partial charge in [0.2, 0.25) is 0 Å². The summed E-state index contributed by atoms with van der Waals surface area (Å²) < 4.78 is 53.7. The fourth-order valence-corrected chi connectivity index (χ4v) is 2.86. The zero-order chi connectivity index (χ0) is 14.9. The van der Waals surface area contributed by atoms with Crippen molar-refractivity contribution in [2.75, 3.05) is 0 Å². The minimum atomic E-state index is -1.03. The van der Waals surface area contributed by atoms with Crippen LogP contribution in [0.15, 0.2) is 30.3 Å². The molecule has 0 fully saturated rings. The minimum absolute atomic E-state index is 0.0645. The van der Waals surface area contributed by atoms with E-state index in [2.05, 4.69) is 15.9 Å². The van der Waals surface area contributed by atoms with Crippen molar-refractivity contribution >= 4 is 27.5 Å². The van der Waals surface area contributed by atoms with E-state index < -0.39 is 28.1 Å². The lowest BCUT2D eigenvalue weighted by atomic mass is 10.0. The van der Waals surface area contributed by atoms with Crippen molar-refractivity contribution in [1.29, 1.82) is 0 Å². The van der Waals surface area contributed by atoms with E-state index in [1.54, 1.807) is 0 Å². The quantitative estimate of drug-likeness (QED) is 0.491. The first-order chi connectivity index (χ1) is 9.40. The average Bonchev–Trinajstić information content (AvgIpc) is 2.32. The van der Waals surface area contributed by atoms with Gasteiger partial charge < -0.3 is 0 Å². The third kappa shape index (κ3) is 3.15. The Labute approximate surface area is 126 Å². The summed E-state index contributed by atoms with van der Waals surface area (Å²) in [6, 6.07) is 5.28. The van der Waals surface area contributed by atoms with Crippen molar-refractivity contribution in [3.05, 3.63) is 69.8 Å². The van der Waals surface area contributed by atoms with Crippen molar-refractivity contribution in [1.82, 2.24) is 0 Å². The van der Waals surface area contributed by atoms with Crippen LogP contribution in [0.5, 0.6) is 0 Å². The third-order valence-corrected chi connectivity index (χ3v) is 3.94. The van der Waals surface area contributed by atoms with Gasteiger partial charge in [-0.05, 0) is 18.6 Å². The third-order valence-electron chi connectivity index (χ3n) is 2.80. The molecule has 2 aromatic carbocycles. The van der Waals surface area contributed by atoms with Crippen LogP contribution in [0.25, 0.3) is 0 Å². The van der Waals surface area contributed by atoms with Crippen LogP contribution in [0.4, 0.5) is 17.6 Å². The van der Waals surface area contributed by atoms with E-state index >= 15 is 0 Å². The van der Waals surface area contributed by atoms with E-state index in [4.69, 9.17) is 11.6 Å². The zero-order valence-electron chi connectivity index (χ0n) is 9.94. The van der Waals surface area contributed by atoms with Crippen LogP contribution < -0.4 is 0 Å². The molecular weight excluding hydrogens is 360 g/mol. The molecule has 0 N–H and O–H groups in total. The summed E-state index contributed by atoms with van der Waals surface area (Å²) in [7, 11) is 0. The van der Waals surface area contributed by atoms with Gasteiger partial charge in [-0.2, -0.15) is 0 Å². The first kappa shape index (κ1) is 15.3. The molecule has 0 aliphatic carbocycles. The molecule has 0 aromatic heterocycles. The predicted octanol–water partition coefficient (Wildman–Crippen LogP) is 5.58. The van der Waals surface area contributed by atoms with Gasteiger partial charge in [0.15, 0.2) is 0 Å². The molecule has 0 saturated heterocycles. The Morgan fingerprint density at radius 2 is 1.60 bits per heavy atom. The normalized spacial score (nSPS) is 12.5. The second-order valence-corrected chi connectivity index (χ2v) is 5.67. The fourth-order valence-electron chi connectivity index (χ4n) is 1.86. The van der Waals surface area contributed by atoms with Gasteiger partial charge in [0.1, 0.15) is 23.3 Å². The smallest absolute Gasteiger partial charge is 0.133 e. The summed E-state index contributed by atoms with van der Waals surface area (Å²) in [6.07, 6.45) is -0.0645. The van der Waals surface area contributed by atoms with Crippen LogP contribution in [-0.2, 0) is 6.42 Å². The van der Waals surface area contributed by atoms with Gasteiger partial charge in [0, 0.05) is 33.1 Å². The van der Waals surface area contributed by atoms with Crippen molar-refractivity contribution in [3.63, 3.8) is 0 Å². The molecule has 1 atom stereocenters. The summed E-state index contributed by atoms with van der Waals surface area (Å²) in [5.74, 6) is -3.63. The van der Waals surface area contributed by atoms with E-state index in [-0.39, 0.29) is 22.6 Å². The van der Waals surface area contributed by atoms with Crippen LogP contribution in [0.3, 0.4) is 0 Å². The van der Waals surface area contributed by atoms with Crippen molar-refractivity contribution in [2.24, 2.45) is 0 Å². The maximum Gasteiger partial charge on any atom is 0.133 e. The largest absolute Gasteiger partial charge is 0.207 e. The molecule has 0 bridgehead atoms. The van der Waals surface area contributed by atoms with Gasteiger partial charge in [0.05, 0.1) is 0 Å². The Kier molecular flexibility index (Phi) is 4.70. The summed E-state index contributed by atoms with van der Waals surface area (Å²) in [4.78, 5) is -0.863. The number of rotatable bonds is 3. The van der Waals surface area contributed by atoms with Gasteiger partial charge in [-0.3, -0.25) is 0 Å². The average molecular weight is 368 g/mol. The van der Waals surface area contributed by atoms with E-state index in [0.717, 1.165) is 0 Å². The van der Waals surface area contributed by atoms with E-state index in [1.165, 1.54) is 18.2 Å². The summed E-state index contributed by atoms with van der Waals surface area (Å²) in [5.41, 5.74) is -0.218. The van der Waals surface area contributed by atoms with Crippen molar-refractivity contribution in [2.45, 2.75) is 11.2 Å². The van der Waals surface area contributed by atoms with Gasteiger partial charge in [-0.1, -0.05) is 33.6 Å². The molecule has 20 heavy (non-hydrogen) atoms. The number of alkyl halides is 1. The number of halogens is 6. The molecule has 0 heterocycles. The lowest BCUT2D eigenvalue weighted by Gasteiger charge is -2.14. The highest BCUT2D eigenvalue weighted by Crippen LogP contribution is 2.34. The van der Waals surface area contributed by atoms with Gasteiger partial charge >= 0.3 is 0 Å². The lowest BCUT2D eigenvalue weighted by Crippen LogP contribution is -2.05. The molecule has 2 rings (SSSR count). The highest BCUT2D eigenvalue weighted by molar-refractivity contribution is 9.09. The number of hydrogen-bond acceptors (Lipinski definition) is 0. The molecule has 2 aromatic rings. The van der Waals surface area contributed by atoms with Crippen LogP contribution in [-0.4, -0.2) is 0 Å². The standard InChI is InChI=1S/C14H8BrClF4/c15-9(6-8-10(16)2-1-3-11(8)18)14-12(19)4-7(17)5-13(14)20/h1-5,9H,6H2. The maximum absolute atomic E-state index is 13.6. The Hall–Kier alpha value is -1.07. The summed E-state index contributed by atoms with van der Waals surface area (Å²) >= 11 is 8.95. The van der Waals surface area contributed by atoms with Gasteiger partial charge in [-0.15, -0.1) is 0 Å². The Balaban J connectivity index is 2.36. The molecule has 6 heteroatoms. The molecule has 0 nitrogen and oxygen atoms in total. The van der Waals surface area contributed by atoms with Crippen molar-refractivity contribution < 1.29 is 17.6 Å². The first-order valence-electron chi connectivity index (χ1n) is 5.61.